The number of rotatable bonds is 8. The van der Waals surface area contributed by atoms with Gasteiger partial charge in [-0.1, -0.05) is 42.5 Å². The smallest absolute Gasteiger partial charge is 0.236 e. The van der Waals surface area contributed by atoms with E-state index in [2.05, 4.69) is 45.2 Å². The lowest BCUT2D eigenvalue weighted by Gasteiger charge is -2.12. The fourth-order valence-corrected chi connectivity index (χ4v) is 5.59. The van der Waals surface area contributed by atoms with Gasteiger partial charge in [-0.05, 0) is 78.4 Å². The molecule has 0 atom stereocenters. The SMILES string of the molecule is CC(=O)c1ccc(NC(=S)Nc2cccc(SCC(=O)Nc3nc(-c4ccc5ccccc5c4)cs3)c2)cc1. The van der Waals surface area contributed by atoms with Crippen molar-refractivity contribution in [1.82, 2.24) is 4.98 Å². The molecule has 0 bridgehead atoms. The van der Waals surface area contributed by atoms with E-state index in [-0.39, 0.29) is 17.4 Å². The molecule has 5 rings (SSSR count). The molecule has 6 nitrogen and oxygen atoms in total. The van der Waals surface area contributed by atoms with Gasteiger partial charge in [-0.3, -0.25) is 9.59 Å². The molecule has 0 radical (unpaired) electrons. The number of thioether (sulfide) groups is 1. The first kappa shape index (κ1) is 26.6. The van der Waals surface area contributed by atoms with Gasteiger partial charge < -0.3 is 16.0 Å². The van der Waals surface area contributed by atoms with Gasteiger partial charge in [0, 0.05) is 32.8 Å². The van der Waals surface area contributed by atoms with Crippen LogP contribution >= 0.6 is 35.3 Å². The first-order valence-corrected chi connectivity index (χ1v) is 14.4. The van der Waals surface area contributed by atoms with Crippen LogP contribution in [0, 0.1) is 0 Å². The number of hydrogen-bond donors (Lipinski definition) is 3. The van der Waals surface area contributed by atoms with Crippen molar-refractivity contribution < 1.29 is 9.59 Å². The first-order valence-electron chi connectivity index (χ1n) is 12.1. The van der Waals surface area contributed by atoms with E-state index >= 15 is 0 Å². The second-order valence-electron chi connectivity index (χ2n) is 8.68. The Balaban J connectivity index is 1.13. The van der Waals surface area contributed by atoms with Gasteiger partial charge in [-0.2, -0.15) is 0 Å². The molecule has 0 aliphatic rings. The number of aromatic nitrogens is 1. The number of anilines is 3. The van der Waals surface area contributed by atoms with Gasteiger partial charge in [0.2, 0.25) is 5.91 Å². The van der Waals surface area contributed by atoms with Crippen molar-refractivity contribution in [3.63, 3.8) is 0 Å². The van der Waals surface area contributed by atoms with Gasteiger partial charge in [0.1, 0.15) is 0 Å². The molecule has 0 aliphatic carbocycles. The van der Waals surface area contributed by atoms with E-state index in [1.165, 1.54) is 35.4 Å². The minimum Gasteiger partial charge on any atom is -0.332 e. The summed E-state index contributed by atoms with van der Waals surface area (Å²) in [6, 6.07) is 29.3. The molecule has 194 valence electrons. The van der Waals surface area contributed by atoms with Crippen LogP contribution in [0.15, 0.2) is 101 Å². The van der Waals surface area contributed by atoms with E-state index in [1.807, 2.05) is 60.0 Å². The quantitative estimate of drug-likeness (QED) is 0.100. The highest BCUT2D eigenvalue weighted by molar-refractivity contribution is 8.00. The van der Waals surface area contributed by atoms with Crippen LogP contribution in [0.3, 0.4) is 0 Å². The van der Waals surface area contributed by atoms with Gasteiger partial charge in [0.25, 0.3) is 0 Å². The summed E-state index contributed by atoms with van der Waals surface area (Å²) in [7, 11) is 0. The molecule has 0 aliphatic heterocycles. The number of thiocarbonyl (C=S) groups is 1. The van der Waals surface area contributed by atoms with Crippen LogP contribution in [-0.4, -0.2) is 27.5 Å². The third-order valence-electron chi connectivity index (χ3n) is 5.81. The molecule has 5 aromatic rings. The molecule has 0 unspecified atom stereocenters. The maximum absolute atomic E-state index is 12.6. The number of nitrogens with zero attached hydrogens (tertiary/aromatic N) is 1. The highest BCUT2D eigenvalue weighted by Crippen LogP contribution is 2.28. The van der Waals surface area contributed by atoms with Crippen LogP contribution in [0.25, 0.3) is 22.0 Å². The van der Waals surface area contributed by atoms with Gasteiger partial charge in [0.15, 0.2) is 16.0 Å². The number of Topliss-reactive ketones (excluding diaryl/α,β-unsaturated/α-hetero) is 1. The van der Waals surface area contributed by atoms with E-state index in [0.717, 1.165) is 32.9 Å². The lowest BCUT2D eigenvalue weighted by atomic mass is 10.1. The van der Waals surface area contributed by atoms with E-state index < -0.39 is 0 Å². The Morgan fingerprint density at radius 2 is 1.62 bits per heavy atom. The summed E-state index contributed by atoms with van der Waals surface area (Å²) in [5, 5.41) is 14.5. The summed E-state index contributed by atoms with van der Waals surface area (Å²) in [5.41, 5.74) is 4.09. The minimum atomic E-state index is -0.121. The number of benzene rings is 4. The van der Waals surface area contributed by atoms with Crippen LogP contribution in [-0.2, 0) is 4.79 Å². The molecule has 39 heavy (non-hydrogen) atoms. The molecular weight excluding hydrogens is 545 g/mol. The second kappa shape index (κ2) is 12.2. The molecule has 0 saturated carbocycles. The van der Waals surface area contributed by atoms with Crippen molar-refractivity contribution in [1.29, 1.82) is 0 Å². The number of nitrogens with one attached hydrogen (secondary N) is 3. The van der Waals surface area contributed by atoms with E-state index in [1.54, 1.807) is 12.1 Å². The largest absolute Gasteiger partial charge is 0.332 e. The average Bonchev–Trinajstić information content (AvgIpc) is 3.40. The molecule has 1 aromatic heterocycles. The summed E-state index contributed by atoms with van der Waals surface area (Å²) in [5.74, 6) is 0.145. The van der Waals surface area contributed by atoms with Crippen molar-refractivity contribution >= 4 is 79.4 Å². The minimum absolute atomic E-state index is 0.0164. The molecule has 4 aromatic carbocycles. The highest BCUT2D eigenvalue weighted by Gasteiger charge is 2.10. The van der Waals surface area contributed by atoms with Crippen molar-refractivity contribution in [2.75, 3.05) is 21.7 Å². The first-order chi connectivity index (χ1) is 18.9. The number of amides is 1. The van der Waals surface area contributed by atoms with E-state index in [4.69, 9.17) is 12.2 Å². The van der Waals surface area contributed by atoms with Crippen LogP contribution in [0.1, 0.15) is 17.3 Å². The summed E-state index contributed by atoms with van der Waals surface area (Å²) >= 11 is 8.26. The van der Waals surface area contributed by atoms with E-state index in [0.29, 0.717) is 15.8 Å². The summed E-state index contributed by atoms with van der Waals surface area (Å²) in [6.07, 6.45) is 0. The number of carbonyl (C=O) groups is 2. The van der Waals surface area contributed by atoms with Crippen molar-refractivity contribution in [2.24, 2.45) is 0 Å². The zero-order valence-corrected chi connectivity index (χ0v) is 23.4. The summed E-state index contributed by atoms with van der Waals surface area (Å²) < 4.78 is 0. The van der Waals surface area contributed by atoms with E-state index in [9.17, 15) is 9.59 Å². The molecule has 0 spiro atoms. The molecule has 3 N–H and O–H groups in total. The molecular formula is C30H24N4O2S3. The monoisotopic (exact) mass is 568 g/mol. The Bertz CT molecular complexity index is 1660. The van der Waals surface area contributed by atoms with Gasteiger partial charge in [-0.25, -0.2) is 4.98 Å². The Labute approximate surface area is 239 Å². The standard InChI is InChI=1S/C30H24N4O2S3/c1-19(35)20-11-13-24(14-12-20)31-29(37)32-25-7-4-8-26(16-25)38-18-28(36)34-30-33-27(17-39-30)23-10-9-21-5-2-3-6-22(21)15-23/h2-17H,18H2,1H3,(H2,31,32,37)(H,33,34,36). The number of carbonyl (C=O) groups excluding carboxylic acids is 2. The fourth-order valence-electron chi connectivity index (χ4n) is 3.86. The zero-order valence-electron chi connectivity index (χ0n) is 20.9. The maximum Gasteiger partial charge on any atom is 0.236 e. The zero-order chi connectivity index (χ0) is 27.2. The van der Waals surface area contributed by atoms with Gasteiger partial charge >= 0.3 is 0 Å². The molecule has 9 heteroatoms. The molecule has 0 fully saturated rings. The lowest BCUT2D eigenvalue weighted by molar-refractivity contribution is -0.113. The van der Waals surface area contributed by atoms with Gasteiger partial charge in [0.05, 0.1) is 11.4 Å². The predicted octanol–water partition coefficient (Wildman–Crippen LogP) is 7.71. The van der Waals surface area contributed by atoms with Crippen molar-refractivity contribution in [2.45, 2.75) is 11.8 Å². The number of ketones is 1. The Morgan fingerprint density at radius 3 is 2.41 bits per heavy atom. The third kappa shape index (κ3) is 7.08. The summed E-state index contributed by atoms with van der Waals surface area (Å²) in [6.45, 7) is 1.53. The van der Waals surface area contributed by atoms with Crippen LogP contribution in [0.5, 0.6) is 0 Å². The molecule has 1 amide bonds. The number of thiazole rings is 1. The van der Waals surface area contributed by atoms with Crippen molar-refractivity contribution in [3.05, 3.63) is 102 Å². The van der Waals surface area contributed by atoms with Gasteiger partial charge in [-0.15, -0.1) is 23.1 Å². The Kier molecular flexibility index (Phi) is 8.31. The molecule has 0 saturated heterocycles. The maximum atomic E-state index is 12.6. The summed E-state index contributed by atoms with van der Waals surface area (Å²) in [4.78, 5) is 29.6. The molecule has 1 heterocycles. The Hall–Kier alpha value is -4.05. The fraction of sp³-hybridized carbons (Fsp3) is 0.0667. The van der Waals surface area contributed by atoms with Crippen LogP contribution < -0.4 is 16.0 Å². The second-order valence-corrected chi connectivity index (χ2v) is 11.0. The third-order valence-corrected chi connectivity index (χ3v) is 7.76. The topological polar surface area (TPSA) is 83.1 Å². The highest BCUT2D eigenvalue weighted by atomic mass is 32.2. The number of fused-ring (bicyclic) bond motifs is 1. The predicted molar refractivity (Wildman–Crippen MR) is 167 cm³/mol. The Morgan fingerprint density at radius 1 is 0.846 bits per heavy atom. The van der Waals surface area contributed by atoms with Crippen molar-refractivity contribution in [3.8, 4) is 11.3 Å². The average molecular weight is 569 g/mol. The normalized spacial score (nSPS) is 10.7. The number of hydrogen-bond acceptors (Lipinski definition) is 6. The van der Waals surface area contributed by atoms with Crippen LogP contribution in [0.2, 0.25) is 0 Å². The van der Waals surface area contributed by atoms with Crippen LogP contribution in [0.4, 0.5) is 16.5 Å². The lowest BCUT2D eigenvalue weighted by Crippen LogP contribution is -2.19.